The predicted molar refractivity (Wildman–Crippen MR) is 119 cm³/mol. The van der Waals surface area contributed by atoms with Crippen LogP contribution in [-0.4, -0.2) is 49.8 Å². The molecular weight excluding hydrogens is 410 g/mol. The molecule has 1 aliphatic rings. The average molecular weight is 434 g/mol. The number of carbonyl (C=O) groups excluding carboxylic acids is 1. The average Bonchev–Trinajstić information content (AvgIpc) is 3.27. The number of halogens is 1. The van der Waals surface area contributed by atoms with Gasteiger partial charge in [0, 0.05) is 18.7 Å². The molecule has 6 nitrogen and oxygen atoms in total. The second-order valence-corrected chi connectivity index (χ2v) is 8.26. The first kappa shape index (κ1) is 21.4. The molecule has 1 aliphatic heterocycles. The highest BCUT2D eigenvalue weighted by molar-refractivity contribution is 7.22. The maximum Gasteiger partial charge on any atom is 0.260 e. The van der Waals surface area contributed by atoms with E-state index >= 15 is 0 Å². The van der Waals surface area contributed by atoms with Gasteiger partial charge in [-0.1, -0.05) is 17.4 Å². The number of rotatable bonds is 5. The molecule has 0 aliphatic carbocycles. The Labute approximate surface area is 180 Å². The van der Waals surface area contributed by atoms with Crippen molar-refractivity contribution in [2.24, 2.45) is 0 Å². The largest absolute Gasteiger partial charge is 0.454 e. The zero-order valence-corrected chi connectivity index (χ0v) is 18.5. The first-order valence-corrected chi connectivity index (χ1v) is 9.98. The van der Waals surface area contributed by atoms with Crippen LogP contribution in [0.5, 0.6) is 11.5 Å². The van der Waals surface area contributed by atoms with Crippen molar-refractivity contribution in [2.75, 3.05) is 38.9 Å². The lowest BCUT2D eigenvalue weighted by atomic mass is 10.1. The minimum atomic E-state index is -0.0893. The monoisotopic (exact) mass is 433 g/mol. The molecule has 0 spiro atoms. The van der Waals surface area contributed by atoms with Crippen molar-refractivity contribution < 1.29 is 14.3 Å². The van der Waals surface area contributed by atoms with Gasteiger partial charge >= 0.3 is 0 Å². The third-order valence-electron chi connectivity index (χ3n) is 4.68. The number of ether oxygens (including phenoxy) is 2. The van der Waals surface area contributed by atoms with Gasteiger partial charge in [-0.3, -0.25) is 9.69 Å². The fourth-order valence-electron chi connectivity index (χ4n) is 3.24. The van der Waals surface area contributed by atoms with Crippen LogP contribution in [0.15, 0.2) is 30.3 Å². The van der Waals surface area contributed by atoms with E-state index in [-0.39, 0.29) is 25.1 Å². The third-order valence-corrected chi connectivity index (χ3v) is 5.71. The second-order valence-electron chi connectivity index (χ2n) is 7.25. The van der Waals surface area contributed by atoms with Gasteiger partial charge in [0.15, 0.2) is 16.6 Å². The van der Waals surface area contributed by atoms with Gasteiger partial charge in [-0.25, -0.2) is 4.98 Å². The fourth-order valence-corrected chi connectivity index (χ4v) is 4.41. The van der Waals surface area contributed by atoms with Gasteiger partial charge in [0.1, 0.15) is 0 Å². The van der Waals surface area contributed by atoms with E-state index in [1.807, 2.05) is 14.1 Å². The summed E-state index contributed by atoms with van der Waals surface area (Å²) in [7, 11) is 3.99. The summed E-state index contributed by atoms with van der Waals surface area (Å²) in [6.45, 7) is 5.62. The number of carbonyl (C=O) groups is 1. The summed E-state index contributed by atoms with van der Waals surface area (Å²) in [5.41, 5.74) is 3.84. The van der Waals surface area contributed by atoms with Crippen molar-refractivity contribution in [1.29, 1.82) is 0 Å². The first-order valence-electron chi connectivity index (χ1n) is 9.16. The van der Waals surface area contributed by atoms with E-state index in [1.165, 1.54) is 5.56 Å². The van der Waals surface area contributed by atoms with Crippen LogP contribution in [0.25, 0.3) is 10.2 Å². The minimum absolute atomic E-state index is 0. The first-order chi connectivity index (χ1) is 13.4. The summed E-state index contributed by atoms with van der Waals surface area (Å²) in [6, 6.07) is 9.55. The van der Waals surface area contributed by atoms with Gasteiger partial charge in [0.05, 0.1) is 10.2 Å². The summed E-state index contributed by atoms with van der Waals surface area (Å²) in [5.74, 6) is 1.19. The Hall–Kier alpha value is -2.35. The standard InChI is InChI=1S/C21H23N3O3S.ClH/c1-13-9-14(2)19-18(10-13)28-21(22-19)24(8-7-23(3)4)20(25)15-5-6-16-17(11-15)27-12-26-16;/h5-6,9-11H,7-8,12H2,1-4H3;1H. The number of thiazole rings is 1. The summed E-state index contributed by atoms with van der Waals surface area (Å²) < 4.78 is 11.9. The minimum Gasteiger partial charge on any atom is -0.454 e. The van der Waals surface area contributed by atoms with E-state index in [9.17, 15) is 4.79 Å². The molecule has 2 heterocycles. The molecule has 0 radical (unpaired) electrons. The molecule has 0 saturated heterocycles. The molecule has 1 amide bonds. The molecule has 2 aromatic carbocycles. The Bertz CT molecular complexity index is 1050. The number of likely N-dealkylation sites (N-methyl/N-ethyl adjacent to an activating group) is 1. The van der Waals surface area contributed by atoms with Gasteiger partial charge in [0.2, 0.25) is 6.79 Å². The summed E-state index contributed by atoms with van der Waals surface area (Å²) in [6.07, 6.45) is 0. The summed E-state index contributed by atoms with van der Waals surface area (Å²) in [4.78, 5) is 22.0. The molecule has 0 fully saturated rings. The summed E-state index contributed by atoms with van der Waals surface area (Å²) >= 11 is 1.55. The van der Waals surface area contributed by atoms with Gasteiger partial charge in [0.25, 0.3) is 5.91 Å². The van der Waals surface area contributed by atoms with E-state index < -0.39 is 0 Å². The number of hydrogen-bond donors (Lipinski definition) is 0. The highest BCUT2D eigenvalue weighted by atomic mass is 35.5. The Balaban J connectivity index is 0.00000240. The van der Waals surface area contributed by atoms with Crippen LogP contribution in [0.2, 0.25) is 0 Å². The van der Waals surface area contributed by atoms with Crippen molar-refractivity contribution in [1.82, 2.24) is 9.88 Å². The molecule has 1 aromatic heterocycles. The predicted octanol–water partition coefficient (Wildman–Crippen LogP) is 4.27. The molecule has 0 atom stereocenters. The zero-order chi connectivity index (χ0) is 19.8. The number of aryl methyl sites for hydroxylation is 2. The highest BCUT2D eigenvalue weighted by Crippen LogP contribution is 2.35. The van der Waals surface area contributed by atoms with E-state index in [2.05, 4.69) is 30.9 Å². The Morgan fingerprint density at radius 2 is 1.86 bits per heavy atom. The van der Waals surface area contributed by atoms with Crippen molar-refractivity contribution in [3.63, 3.8) is 0 Å². The molecule has 0 bridgehead atoms. The lowest BCUT2D eigenvalue weighted by molar-refractivity contribution is 0.0984. The molecule has 29 heavy (non-hydrogen) atoms. The number of hydrogen-bond acceptors (Lipinski definition) is 6. The Kier molecular flexibility index (Phi) is 6.31. The molecule has 0 unspecified atom stereocenters. The van der Waals surface area contributed by atoms with Crippen molar-refractivity contribution >= 4 is 45.0 Å². The van der Waals surface area contributed by atoms with Gasteiger partial charge in [-0.05, 0) is 63.3 Å². The van der Waals surface area contributed by atoms with Crippen LogP contribution in [0.3, 0.4) is 0 Å². The maximum atomic E-state index is 13.4. The molecule has 4 rings (SSSR count). The smallest absolute Gasteiger partial charge is 0.260 e. The van der Waals surface area contributed by atoms with E-state index in [1.54, 1.807) is 34.4 Å². The third kappa shape index (κ3) is 4.32. The van der Waals surface area contributed by atoms with Gasteiger partial charge in [-0.2, -0.15) is 0 Å². The number of fused-ring (bicyclic) bond motifs is 2. The lowest BCUT2D eigenvalue weighted by Crippen LogP contribution is -2.36. The number of nitrogens with zero attached hydrogens (tertiary/aromatic N) is 3. The normalized spacial score (nSPS) is 12.3. The lowest BCUT2D eigenvalue weighted by Gasteiger charge is -2.22. The Morgan fingerprint density at radius 3 is 2.62 bits per heavy atom. The summed E-state index contributed by atoms with van der Waals surface area (Å²) in [5, 5.41) is 0.716. The molecule has 0 N–H and O–H groups in total. The van der Waals surface area contributed by atoms with Crippen LogP contribution < -0.4 is 14.4 Å². The number of amides is 1. The molecule has 154 valence electrons. The van der Waals surface area contributed by atoms with Crippen molar-refractivity contribution in [2.45, 2.75) is 13.8 Å². The van der Waals surface area contributed by atoms with Crippen LogP contribution >= 0.6 is 23.7 Å². The molecule has 0 saturated carbocycles. The molecular formula is C21H24ClN3O3S. The number of anilines is 1. The number of aromatic nitrogens is 1. The van der Waals surface area contributed by atoms with Crippen molar-refractivity contribution in [3.05, 3.63) is 47.0 Å². The van der Waals surface area contributed by atoms with Gasteiger partial charge < -0.3 is 14.4 Å². The fraction of sp³-hybridized carbons (Fsp3) is 0.333. The SMILES string of the molecule is Cc1cc(C)c2nc(N(CCN(C)C)C(=O)c3ccc4c(c3)OCO4)sc2c1.Cl. The van der Waals surface area contributed by atoms with E-state index in [4.69, 9.17) is 14.5 Å². The van der Waals surface area contributed by atoms with Crippen molar-refractivity contribution in [3.8, 4) is 11.5 Å². The molecule has 8 heteroatoms. The van der Waals surface area contributed by atoms with Crippen LogP contribution in [0, 0.1) is 13.8 Å². The van der Waals surface area contributed by atoms with Gasteiger partial charge in [-0.15, -0.1) is 12.4 Å². The van der Waals surface area contributed by atoms with Crippen LogP contribution in [0.1, 0.15) is 21.5 Å². The maximum absolute atomic E-state index is 13.4. The van der Waals surface area contributed by atoms with E-state index in [0.29, 0.717) is 28.7 Å². The number of benzene rings is 2. The van der Waals surface area contributed by atoms with Crippen LogP contribution in [0.4, 0.5) is 5.13 Å². The second kappa shape index (κ2) is 8.57. The van der Waals surface area contributed by atoms with E-state index in [0.717, 1.165) is 22.3 Å². The molecule has 3 aromatic rings. The highest BCUT2D eigenvalue weighted by Gasteiger charge is 2.24. The topological polar surface area (TPSA) is 54.9 Å². The zero-order valence-electron chi connectivity index (χ0n) is 16.9. The van der Waals surface area contributed by atoms with Crippen LogP contribution in [-0.2, 0) is 0 Å². The Morgan fingerprint density at radius 1 is 1.10 bits per heavy atom. The quantitative estimate of drug-likeness (QED) is 0.601.